The van der Waals surface area contributed by atoms with Crippen LogP contribution in [0.15, 0.2) is 72.1 Å². The van der Waals surface area contributed by atoms with Gasteiger partial charge < -0.3 is 9.88 Å². The summed E-state index contributed by atoms with van der Waals surface area (Å²) >= 11 is 0. The summed E-state index contributed by atoms with van der Waals surface area (Å²) in [7, 11) is -2.17. The van der Waals surface area contributed by atoms with Crippen molar-refractivity contribution in [2.24, 2.45) is 13.0 Å². The highest BCUT2D eigenvalue weighted by molar-refractivity contribution is 7.89. The third-order valence-electron chi connectivity index (χ3n) is 5.25. The Hall–Kier alpha value is -3.04. The minimum Gasteiger partial charge on any atom is -0.339 e. The monoisotopic (exact) mass is 428 g/mol. The first-order chi connectivity index (χ1) is 14.3. The van der Waals surface area contributed by atoms with E-state index in [1.165, 1.54) is 29.0 Å². The number of imidazole rings is 1. The summed E-state index contributed by atoms with van der Waals surface area (Å²) in [5.74, 6) is -1.71. The van der Waals surface area contributed by atoms with Crippen LogP contribution < -0.4 is 5.32 Å². The molecule has 4 rings (SSSR count). The Labute approximate surface area is 174 Å². The van der Waals surface area contributed by atoms with Gasteiger partial charge in [-0.2, -0.15) is 4.31 Å². The number of carbonyl (C=O) groups excluding carboxylic acids is 1. The lowest BCUT2D eigenvalue weighted by Gasteiger charge is -2.18. The first-order valence-corrected chi connectivity index (χ1v) is 10.9. The van der Waals surface area contributed by atoms with Crippen molar-refractivity contribution >= 4 is 21.6 Å². The number of hydrogen-bond acceptors (Lipinski definition) is 4. The Bertz CT molecular complexity index is 1150. The van der Waals surface area contributed by atoms with Gasteiger partial charge in [0.2, 0.25) is 5.91 Å². The lowest BCUT2D eigenvalue weighted by atomic mass is 9.88. The van der Waals surface area contributed by atoms with Gasteiger partial charge in [-0.15, -0.1) is 0 Å². The molecule has 1 aliphatic rings. The highest BCUT2D eigenvalue weighted by atomic mass is 32.2. The summed E-state index contributed by atoms with van der Waals surface area (Å²) in [4.78, 5) is 17.0. The van der Waals surface area contributed by atoms with Crippen LogP contribution in [-0.2, 0) is 21.9 Å². The van der Waals surface area contributed by atoms with Gasteiger partial charge in [-0.3, -0.25) is 4.79 Å². The van der Waals surface area contributed by atoms with Gasteiger partial charge >= 0.3 is 0 Å². The van der Waals surface area contributed by atoms with Crippen LogP contribution in [0.4, 0.5) is 10.1 Å². The van der Waals surface area contributed by atoms with Crippen LogP contribution in [0.3, 0.4) is 0 Å². The van der Waals surface area contributed by atoms with Crippen molar-refractivity contribution in [3.8, 4) is 0 Å². The van der Waals surface area contributed by atoms with E-state index < -0.39 is 21.9 Å². The summed E-state index contributed by atoms with van der Waals surface area (Å²) in [6, 6.07) is 14.8. The molecular weight excluding hydrogens is 407 g/mol. The zero-order chi connectivity index (χ0) is 21.3. The average molecular weight is 428 g/mol. The van der Waals surface area contributed by atoms with Gasteiger partial charge in [0, 0.05) is 37.9 Å². The molecule has 0 radical (unpaired) electrons. The van der Waals surface area contributed by atoms with Crippen molar-refractivity contribution in [3.63, 3.8) is 0 Å². The molecule has 0 bridgehead atoms. The number of benzene rings is 2. The molecule has 2 heterocycles. The fraction of sp³-hybridized carbons (Fsp3) is 0.238. The number of amides is 1. The van der Waals surface area contributed by atoms with Gasteiger partial charge in [0.15, 0.2) is 5.03 Å². The van der Waals surface area contributed by atoms with Crippen LogP contribution in [0, 0.1) is 11.7 Å². The summed E-state index contributed by atoms with van der Waals surface area (Å²) in [6.45, 7) is 0.122. The van der Waals surface area contributed by atoms with Crippen molar-refractivity contribution < 1.29 is 17.6 Å². The topological polar surface area (TPSA) is 84.3 Å². The Kier molecular flexibility index (Phi) is 5.40. The van der Waals surface area contributed by atoms with Crippen molar-refractivity contribution in [2.75, 3.05) is 18.4 Å². The summed E-state index contributed by atoms with van der Waals surface area (Å²) in [5.41, 5.74) is 1.34. The molecule has 0 aliphatic carbocycles. The maximum Gasteiger partial charge on any atom is 0.262 e. The minimum absolute atomic E-state index is 0.0135. The zero-order valence-corrected chi connectivity index (χ0v) is 17.1. The first-order valence-electron chi connectivity index (χ1n) is 9.44. The van der Waals surface area contributed by atoms with E-state index in [2.05, 4.69) is 10.3 Å². The van der Waals surface area contributed by atoms with E-state index >= 15 is 0 Å². The number of aromatic nitrogens is 2. The predicted octanol–water partition coefficient (Wildman–Crippen LogP) is 2.60. The Balaban J connectivity index is 1.65. The molecule has 0 unspecified atom stereocenters. The molecule has 156 valence electrons. The van der Waals surface area contributed by atoms with E-state index in [1.54, 1.807) is 48.0 Å². The van der Waals surface area contributed by atoms with Crippen LogP contribution in [0.25, 0.3) is 0 Å². The molecule has 0 saturated carbocycles. The van der Waals surface area contributed by atoms with Gasteiger partial charge in [-0.1, -0.05) is 30.3 Å². The van der Waals surface area contributed by atoms with Gasteiger partial charge in [0.1, 0.15) is 5.82 Å². The second-order valence-electron chi connectivity index (χ2n) is 7.32. The fourth-order valence-electron chi connectivity index (χ4n) is 3.69. The molecule has 1 aromatic heterocycles. The van der Waals surface area contributed by atoms with E-state index in [0.29, 0.717) is 11.3 Å². The zero-order valence-electron chi connectivity index (χ0n) is 16.3. The normalized spacial score (nSPS) is 19.7. The van der Waals surface area contributed by atoms with Crippen LogP contribution in [0.1, 0.15) is 11.5 Å². The summed E-state index contributed by atoms with van der Waals surface area (Å²) in [6.07, 6.45) is 2.85. The fourth-order valence-corrected chi connectivity index (χ4v) is 5.15. The summed E-state index contributed by atoms with van der Waals surface area (Å²) in [5, 5.41) is 2.79. The minimum atomic E-state index is -3.86. The molecule has 1 N–H and O–H groups in total. The van der Waals surface area contributed by atoms with E-state index in [9.17, 15) is 17.6 Å². The second kappa shape index (κ2) is 8.00. The molecular formula is C21H21FN4O3S. The Morgan fingerprint density at radius 3 is 2.43 bits per heavy atom. The molecule has 7 nitrogen and oxygen atoms in total. The molecule has 3 aromatic rings. The number of halogens is 1. The number of nitrogens with one attached hydrogen (secondary N) is 1. The number of para-hydroxylation sites is 1. The molecule has 1 amide bonds. The maximum atomic E-state index is 13.4. The molecule has 30 heavy (non-hydrogen) atoms. The molecule has 2 aromatic carbocycles. The number of hydrogen-bond donors (Lipinski definition) is 1. The van der Waals surface area contributed by atoms with Crippen LogP contribution >= 0.6 is 0 Å². The number of carbonyl (C=O) groups is 1. The number of rotatable bonds is 5. The van der Waals surface area contributed by atoms with Crippen LogP contribution in [0.2, 0.25) is 0 Å². The highest BCUT2D eigenvalue weighted by Crippen LogP contribution is 2.36. The largest absolute Gasteiger partial charge is 0.339 e. The predicted molar refractivity (Wildman–Crippen MR) is 110 cm³/mol. The quantitative estimate of drug-likeness (QED) is 0.677. The standard InChI is InChI=1S/C21H21FN4O3S/c1-25-13-20(23-14-25)30(28,29)26-11-18(15-7-9-16(22)10-8-15)19(12-26)21(27)24-17-5-3-2-4-6-17/h2-10,13-14,18-19H,11-12H2,1H3,(H,24,27)/t18-,19+/m1/s1. The van der Waals surface area contributed by atoms with Gasteiger partial charge in [-0.25, -0.2) is 17.8 Å². The molecule has 0 spiro atoms. The van der Waals surface area contributed by atoms with E-state index in [1.807, 2.05) is 6.07 Å². The Morgan fingerprint density at radius 1 is 1.10 bits per heavy atom. The van der Waals surface area contributed by atoms with Gasteiger partial charge in [0.05, 0.1) is 12.2 Å². The lowest BCUT2D eigenvalue weighted by Crippen LogP contribution is -2.32. The van der Waals surface area contributed by atoms with E-state index in [0.717, 1.165) is 0 Å². The van der Waals surface area contributed by atoms with Crippen molar-refractivity contribution in [1.82, 2.24) is 13.9 Å². The second-order valence-corrected chi connectivity index (χ2v) is 9.20. The van der Waals surface area contributed by atoms with E-state index in [4.69, 9.17) is 0 Å². The van der Waals surface area contributed by atoms with Crippen molar-refractivity contribution in [2.45, 2.75) is 10.9 Å². The lowest BCUT2D eigenvalue weighted by molar-refractivity contribution is -0.119. The SMILES string of the molecule is Cn1cnc(S(=O)(=O)N2C[C@H](C(=O)Nc3ccccc3)[C@@H](c3ccc(F)cc3)C2)c1. The number of nitrogens with zero attached hydrogens (tertiary/aromatic N) is 3. The highest BCUT2D eigenvalue weighted by Gasteiger charge is 2.44. The third kappa shape index (κ3) is 3.99. The van der Waals surface area contributed by atoms with Crippen molar-refractivity contribution in [1.29, 1.82) is 0 Å². The number of aryl methyl sites for hydroxylation is 1. The van der Waals surface area contributed by atoms with Crippen LogP contribution in [0.5, 0.6) is 0 Å². The molecule has 1 aliphatic heterocycles. The molecule has 1 saturated heterocycles. The Morgan fingerprint density at radius 2 is 1.80 bits per heavy atom. The molecule has 9 heteroatoms. The van der Waals surface area contributed by atoms with Gasteiger partial charge in [0.25, 0.3) is 10.0 Å². The summed E-state index contributed by atoms with van der Waals surface area (Å²) < 4.78 is 42.4. The number of sulfonamides is 1. The number of anilines is 1. The molecule has 1 fully saturated rings. The third-order valence-corrected chi connectivity index (χ3v) is 6.97. The van der Waals surface area contributed by atoms with E-state index in [-0.39, 0.29) is 29.8 Å². The first kappa shape index (κ1) is 20.2. The van der Waals surface area contributed by atoms with Crippen molar-refractivity contribution in [3.05, 3.63) is 78.5 Å². The van der Waals surface area contributed by atoms with Gasteiger partial charge in [-0.05, 0) is 29.8 Å². The molecule has 2 atom stereocenters. The smallest absolute Gasteiger partial charge is 0.262 e. The van der Waals surface area contributed by atoms with Crippen LogP contribution in [-0.4, -0.2) is 41.3 Å². The maximum absolute atomic E-state index is 13.4. The average Bonchev–Trinajstić information content (AvgIpc) is 3.37.